The number of nitrogens with two attached hydrogens (primary N) is 1. The van der Waals surface area contributed by atoms with E-state index in [1.54, 1.807) is 12.1 Å². The summed E-state index contributed by atoms with van der Waals surface area (Å²) in [5, 5.41) is 8.92. The molecule has 1 atom stereocenters. The number of carboxylic acids is 1. The van der Waals surface area contributed by atoms with Crippen molar-refractivity contribution in [1.82, 2.24) is 4.98 Å². The summed E-state index contributed by atoms with van der Waals surface area (Å²) >= 11 is 0. The molecule has 0 radical (unpaired) electrons. The standard InChI is InChI=1S/C22H20F2N2O5/c1-12(22(27)28)30-20-18(23)10-19(24)21(26-20)31-17-8-15(7-16(9-17)29-2)14-5-3-4-13(6-14)11-25/h3-10,12H,11,25H2,1-2H3,(H,27,28)/t12-/m1/s1. The van der Waals surface area contributed by atoms with Gasteiger partial charge in [-0.25, -0.2) is 13.6 Å². The van der Waals surface area contributed by atoms with E-state index in [-0.39, 0.29) is 5.75 Å². The number of carboxylic acid groups (broad SMARTS) is 1. The van der Waals surface area contributed by atoms with E-state index in [4.69, 9.17) is 25.1 Å². The van der Waals surface area contributed by atoms with Crippen molar-refractivity contribution >= 4 is 5.97 Å². The lowest BCUT2D eigenvalue weighted by Gasteiger charge is -2.14. The zero-order valence-corrected chi connectivity index (χ0v) is 16.8. The molecule has 1 aromatic heterocycles. The highest BCUT2D eigenvalue weighted by atomic mass is 19.1. The van der Waals surface area contributed by atoms with E-state index in [0.29, 0.717) is 23.9 Å². The fraction of sp³-hybridized carbons (Fsp3) is 0.182. The van der Waals surface area contributed by atoms with Crippen LogP contribution in [0.2, 0.25) is 0 Å². The Bertz CT molecular complexity index is 1110. The van der Waals surface area contributed by atoms with Crippen LogP contribution in [0.5, 0.6) is 23.3 Å². The molecule has 0 amide bonds. The first-order chi connectivity index (χ1) is 14.8. The zero-order valence-electron chi connectivity index (χ0n) is 16.8. The topological polar surface area (TPSA) is 104 Å². The van der Waals surface area contributed by atoms with Crippen molar-refractivity contribution in [3.8, 4) is 34.4 Å². The first-order valence-electron chi connectivity index (χ1n) is 9.22. The fourth-order valence-corrected chi connectivity index (χ4v) is 2.71. The fourth-order valence-electron chi connectivity index (χ4n) is 2.71. The Labute approximate surface area is 177 Å². The third-order valence-electron chi connectivity index (χ3n) is 4.33. The van der Waals surface area contributed by atoms with E-state index in [9.17, 15) is 13.6 Å². The van der Waals surface area contributed by atoms with Gasteiger partial charge in [-0.2, -0.15) is 4.98 Å². The smallest absolute Gasteiger partial charge is 0.344 e. The van der Waals surface area contributed by atoms with E-state index >= 15 is 0 Å². The Morgan fingerprint density at radius 1 is 1.06 bits per heavy atom. The summed E-state index contributed by atoms with van der Waals surface area (Å²) < 4.78 is 44.0. The van der Waals surface area contributed by atoms with Crippen LogP contribution in [-0.2, 0) is 11.3 Å². The molecular formula is C22H20F2N2O5. The first-order valence-corrected chi connectivity index (χ1v) is 9.22. The highest BCUT2D eigenvalue weighted by Gasteiger charge is 2.20. The molecule has 0 unspecified atom stereocenters. The van der Waals surface area contributed by atoms with Crippen molar-refractivity contribution in [3.63, 3.8) is 0 Å². The molecule has 0 aliphatic heterocycles. The average molecular weight is 430 g/mol. The molecule has 1 heterocycles. The van der Waals surface area contributed by atoms with Crippen molar-refractivity contribution in [2.75, 3.05) is 7.11 Å². The van der Waals surface area contributed by atoms with Gasteiger partial charge < -0.3 is 25.1 Å². The molecule has 0 aliphatic carbocycles. The number of benzene rings is 2. The van der Waals surface area contributed by atoms with Crippen molar-refractivity contribution in [2.24, 2.45) is 5.73 Å². The van der Waals surface area contributed by atoms with Crippen LogP contribution in [0.4, 0.5) is 8.78 Å². The Kier molecular flexibility index (Phi) is 6.66. The number of halogens is 2. The van der Waals surface area contributed by atoms with E-state index in [1.165, 1.54) is 20.1 Å². The number of pyridine rings is 1. The van der Waals surface area contributed by atoms with Crippen LogP contribution in [0.1, 0.15) is 12.5 Å². The maximum absolute atomic E-state index is 14.3. The average Bonchev–Trinajstić information content (AvgIpc) is 2.76. The number of aromatic nitrogens is 1. The lowest BCUT2D eigenvalue weighted by atomic mass is 10.0. The number of carbonyl (C=O) groups is 1. The largest absolute Gasteiger partial charge is 0.497 e. The second-order valence-corrected chi connectivity index (χ2v) is 6.56. The van der Waals surface area contributed by atoms with Crippen LogP contribution in [-0.4, -0.2) is 29.3 Å². The van der Waals surface area contributed by atoms with Gasteiger partial charge in [0.1, 0.15) is 11.5 Å². The van der Waals surface area contributed by atoms with E-state index in [0.717, 1.165) is 11.1 Å². The molecule has 162 valence electrons. The quantitative estimate of drug-likeness (QED) is 0.554. The molecule has 9 heteroatoms. The Morgan fingerprint density at radius 3 is 2.45 bits per heavy atom. The highest BCUT2D eigenvalue weighted by molar-refractivity contribution is 5.72. The molecule has 0 aliphatic rings. The minimum atomic E-state index is -1.39. The SMILES string of the molecule is COc1cc(Oc2nc(O[C@H](C)C(=O)O)c(F)cc2F)cc(-c2cccc(CN)c2)c1. The first kappa shape index (κ1) is 22.0. The van der Waals surface area contributed by atoms with Gasteiger partial charge in [0.15, 0.2) is 17.7 Å². The van der Waals surface area contributed by atoms with E-state index in [1.807, 2.05) is 24.3 Å². The van der Waals surface area contributed by atoms with Gasteiger partial charge in [0.2, 0.25) is 0 Å². The van der Waals surface area contributed by atoms with Crippen LogP contribution < -0.4 is 19.9 Å². The Balaban J connectivity index is 1.97. The maximum atomic E-state index is 14.3. The van der Waals surface area contributed by atoms with Crippen LogP contribution in [0.3, 0.4) is 0 Å². The summed E-state index contributed by atoms with van der Waals surface area (Å²) in [4.78, 5) is 14.6. The molecule has 0 spiro atoms. The van der Waals surface area contributed by atoms with Crippen LogP contribution in [0, 0.1) is 11.6 Å². The summed E-state index contributed by atoms with van der Waals surface area (Å²) in [6.45, 7) is 1.56. The summed E-state index contributed by atoms with van der Waals surface area (Å²) in [7, 11) is 1.47. The molecule has 0 saturated heterocycles. The number of hydrogen-bond donors (Lipinski definition) is 2. The van der Waals surface area contributed by atoms with Gasteiger partial charge in [0.05, 0.1) is 7.11 Å². The van der Waals surface area contributed by atoms with Gasteiger partial charge in [-0.15, -0.1) is 0 Å². The van der Waals surface area contributed by atoms with E-state index in [2.05, 4.69) is 4.98 Å². The number of hydrogen-bond acceptors (Lipinski definition) is 6. The van der Waals surface area contributed by atoms with Crippen LogP contribution in [0.25, 0.3) is 11.1 Å². The van der Waals surface area contributed by atoms with Crippen molar-refractivity contribution < 1.29 is 32.9 Å². The van der Waals surface area contributed by atoms with Crippen LogP contribution in [0.15, 0.2) is 48.5 Å². The van der Waals surface area contributed by atoms with Gasteiger partial charge in [0, 0.05) is 18.7 Å². The van der Waals surface area contributed by atoms with Gasteiger partial charge in [-0.1, -0.05) is 18.2 Å². The number of nitrogens with zero attached hydrogens (tertiary/aromatic N) is 1. The molecule has 0 fully saturated rings. The van der Waals surface area contributed by atoms with Crippen molar-refractivity contribution in [1.29, 1.82) is 0 Å². The van der Waals surface area contributed by atoms with Crippen molar-refractivity contribution in [3.05, 3.63) is 65.7 Å². The summed E-state index contributed by atoms with van der Waals surface area (Å²) in [6, 6.07) is 12.9. The predicted octanol–water partition coefficient (Wildman–Crippen LogP) is 4.14. The zero-order chi connectivity index (χ0) is 22.5. The summed E-state index contributed by atoms with van der Waals surface area (Å²) in [5.74, 6) is -4.23. The predicted molar refractivity (Wildman–Crippen MR) is 108 cm³/mol. The maximum Gasteiger partial charge on any atom is 0.344 e. The number of aliphatic carboxylic acids is 1. The van der Waals surface area contributed by atoms with E-state index < -0.39 is 35.5 Å². The molecule has 31 heavy (non-hydrogen) atoms. The second kappa shape index (κ2) is 9.40. The van der Waals surface area contributed by atoms with Gasteiger partial charge in [0.25, 0.3) is 11.8 Å². The van der Waals surface area contributed by atoms with Crippen molar-refractivity contribution in [2.45, 2.75) is 19.6 Å². The molecule has 3 N–H and O–H groups in total. The molecule has 3 rings (SSSR count). The molecule has 2 aromatic carbocycles. The molecule has 0 bridgehead atoms. The van der Waals surface area contributed by atoms with Crippen LogP contribution >= 0.6 is 0 Å². The monoisotopic (exact) mass is 430 g/mol. The third-order valence-corrected chi connectivity index (χ3v) is 4.33. The minimum Gasteiger partial charge on any atom is -0.497 e. The van der Waals surface area contributed by atoms with Gasteiger partial charge in [-0.3, -0.25) is 0 Å². The lowest BCUT2D eigenvalue weighted by molar-refractivity contribution is -0.144. The Hall–Kier alpha value is -3.72. The molecule has 0 saturated carbocycles. The third kappa shape index (κ3) is 5.26. The lowest BCUT2D eigenvalue weighted by Crippen LogP contribution is -2.24. The van der Waals surface area contributed by atoms with Gasteiger partial charge in [-0.05, 0) is 41.8 Å². The summed E-state index contributed by atoms with van der Waals surface area (Å²) in [6.07, 6.45) is -1.39. The second-order valence-electron chi connectivity index (χ2n) is 6.56. The minimum absolute atomic E-state index is 0.169. The molecule has 3 aromatic rings. The molecular weight excluding hydrogens is 410 g/mol. The number of ether oxygens (including phenoxy) is 3. The Morgan fingerprint density at radius 2 is 1.77 bits per heavy atom. The summed E-state index contributed by atoms with van der Waals surface area (Å²) in [5.41, 5.74) is 8.17. The van der Waals surface area contributed by atoms with Gasteiger partial charge >= 0.3 is 5.97 Å². The number of methoxy groups -OCH3 is 1. The highest BCUT2D eigenvalue weighted by Crippen LogP contribution is 2.34. The normalized spacial score (nSPS) is 11.6. The number of rotatable bonds is 8. The molecule has 7 nitrogen and oxygen atoms in total.